The number of rotatable bonds is 4. The number of nitrogens with two attached hydrogens (primary N) is 1. The summed E-state index contributed by atoms with van der Waals surface area (Å²) in [6.45, 7) is 0.537. The average molecular weight is 253 g/mol. The summed E-state index contributed by atoms with van der Waals surface area (Å²) in [4.78, 5) is 0. The van der Waals surface area contributed by atoms with Gasteiger partial charge in [0.25, 0.3) is 0 Å². The van der Waals surface area contributed by atoms with Crippen molar-refractivity contribution in [3.05, 3.63) is 53.6 Å². The Bertz CT molecular complexity index is 617. The molecular formula is C15H15N3O. The topological polar surface area (TPSA) is 71.1 Å². The van der Waals surface area contributed by atoms with Gasteiger partial charge in [-0.15, -0.1) is 0 Å². The second kappa shape index (κ2) is 5.89. The minimum atomic E-state index is 0.469. The largest absolute Gasteiger partial charge is 0.398 e. The Morgan fingerprint density at radius 2 is 2.05 bits per heavy atom. The number of anilines is 3. The molecule has 0 saturated heterocycles. The lowest BCUT2D eigenvalue weighted by Crippen LogP contribution is -1.98. The number of methoxy groups -OCH3 is 1. The third-order valence-corrected chi connectivity index (χ3v) is 2.77. The molecule has 2 aromatic rings. The van der Waals surface area contributed by atoms with Crippen molar-refractivity contribution in [3.8, 4) is 6.07 Å². The molecule has 2 aromatic carbocycles. The number of benzene rings is 2. The first kappa shape index (κ1) is 12.9. The number of nitrogen functional groups attached to an aromatic ring is 1. The lowest BCUT2D eigenvalue weighted by Gasteiger charge is -2.12. The summed E-state index contributed by atoms with van der Waals surface area (Å²) < 4.78 is 5.16. The summed E-state index contributed by atoms with van der Waals surface area (Å²) in [5.41, 5.74) is 9.62. The third-order valence-electron chi connectivity index (χ3n) is 2.77. The number of hydrogen-bond acceptors (Lipinski definition) is 4. The van der Waals surface area contributed by atoms with Gasteiger partial charge in [-0.3, -0.25) is 0 Å². The molecule has 0 bridgehead atoms. The molecule has 0 fully saturated rings. The van der Waals surface area contributed by atoms with E-state index >= 15 is 0 Å². The minimum Gasteiger partial charge on any atom is -0.398 e. The molecule has 0 saturated carbocycles. The van der Waals surface area contributed by atoms with Crippen LogP contribution < -0.4 is 11.1 Å². The van der Waals surface area contributed by atoms with Crippen LogP contribution in [0.1, 0.15) is 11.1 Å². The van der Waals surface area contributed by atoms with Gasteiger partial charge in [-0.05, 0) is 24.3 Å². The van der Waals surface area contributed by atoms with Gasteiger partial charge in [0.2, 0.25) is 0 Å². The smallest absolute Gasteiger partial charge is 0.101 e. The number of para-hydroxylation sites is 1. The fraction of sp³-hybridized carbons (Fsp3) is 0.133. The summed E-state index contributed by atoms with van der Waals surface area (Å²) in [7, 11) is 1.66. The van der Waals surface area contributed by atoms with E-state index in [0.717, 1.165) is 16.9 Å². The van der Waals surface area contributed by atoms with E-state index in [4.69, 9.17) is 15.7 Å². The predicted octanol–water partition coefficient (Wildman–Crippen LogP) is 3.03. The Morgan fingerprint density at radius 1 is 1.26 bits per heavy atom. The second-order valence-electron chi connectivity index (χ2n) is 4.13. The molecule has 3 N–H and O–H groups in total. The highest BCUT2D eigenvalue weighted by Crippen LogP contribution is 2.24. The predicted molar refractivity (Wildman–Crippen MR) is 76.0 cm³/mol. The highest BCUT2D eigenvalue weighted by Gasteiger charge is 2.04. The molecule has 0 aliphatic heterocycles. The maximum atomic E-state index is 8.85. The van der Waals surface area contributed by atoms with Gasteiger partial charge < -0.3 is 15.8 Å². The quantitative estimate of drug-likeness (QED) is 0.821. The van der Waals surface area contributed by atoms with E-state index in [2.05, 4.69) is 5.32 Å². The van der Waals surface area contributed by atoms with Crippen molar-refractivity contribution in [3.63, 3.8) is 0 Å². The summed E-state index contributed by atoms with van der Waals surface area (Å²) >= 11 is 0. The van der Waals surface area contributed by atoms with Crippen molar-refractivity contribution in [1.29, 1.82) is 5.26 Å². The lowest BCUT2D eigenvalue weighted by atomic mass is 10.1. The normalized spacial score (nSPS) is 9.89. The fourth-order valence-corrected chi connectivity index (χ4v) is 1.82. The van der Waals surface area contributed by atoms with Gasteiger partial charge in [0.05, 0.1) is 17.9 Å². The van der Waals surface area contributed by atoms with E-state index < -0.39 is 0 Å². The molecule has 0 radical (unpaired) electrons. The fourth-order valence-electron chi connectivity index (χ4n) is 1.82. The molecule has 0 aliphatic rings. The standard InChI is InChI=1S/C15H15N3O/c1-19-10-12-4-2-3-5-15(12)18-13-7-6-11(9-16)14(17)8-13/h2-8,18H,10,17H2,1H3. The molecule has 0 spiro atoms. The zero-order valence-electron chi connectivity index (χ0n) is 10.7. The van der Waals surface area contributed by atoms with Gasteiger partial charge in [0.1, 0.15) is 6.07 Å². The van der Waals surface area contributed by atoms with Crippen LogP contribution in [0.2, 0.25) is 0 Å². The van der Waals surface area contributed by atoms with Crippen molar-refractivity contribution >= 4 is 17.1 Å². The Hall–Kier alpha value is -2.51. The molecule has 4 heteroatoms. The molecule has 0 aromatic heterocycles. The van der Waals surface area contributed by atoms with Crippen molar-refractivity contribution in [2.45, 2.75) is 6.61 Å². The number of ether oxygens (including phenoxy) is 1. The van der Waals surface area contributed by atoms with E-state index in [9.17, 15) is 0 Å². The van der Waals surface area contributed by atoms with Gasteiger partial charge in [-0.2, -0.15) is 5.26 Å². The van der Waals surface area contributed by atoms with Gasteiger partial charge in [0.15, 0.2) is 0 Å². The molecule has 0 unspecified atom stereocenters. The average Bonchev–Trinajstić information content (AvgIpc) is 2.41. The molecule has 19 heavy (non-hydrogen) atoms. The maximum absolute atomic E-state index is 8.85. The molecule has 2 rings (SSSR count). The third kappa shape index (κ3) is 3.03. The minimum absolute atomic E-state index is 0.469. The van der Waals surface area contributed by atoms with Crippen molar-refractivity contribution in [2.24, 2.45) is 0 Å². The van der Waals surface area contributed by atoms with Crippen LogP contribution in [-0.4, -0.2) is 7.11 Å². The zero-order valence-corrected chi connectivity index (χ0v) is 10.7. The first-order valence-corrected chi connectivity index (χ1v) is 5.88. The number of hydrogen-bond donors (Lipinski definition) is 2. The van der Waals surface area contributed by atoms with Crippen LogP contribution in [0.15, 0.2) is 42.5 Å². The molecular weight excluding hydrogens is 238 g/mol. The van der Waals surface area contributed by atoms with Crippen LogP contribution in [0.4, 0.5) is 17.1 Å². The molecule has 0 amide bonds. The molecule has 0 heterocycles. The van der Waals surface area contributed by atoms with Crippen LogP contribution in [0, 0.1) is 11.3 Å². The van der Waals surface area contributed by atoms with E-state index in [0.29, 0.717) is 17.9 Å². The van der Waals surface area contributed by atoms with Crippen LogP contribution in [-0.2, 0) is 11.3 Å². The number of nitrogens with one attached hydrogen (secondary N) is 1. The maximum Gasteiger partial charge on any atom is 0.101 e. The molecule has 0 aliphatic carbocycles. The molecule has 96 valence electrons. The molecule has 4 nitrogen and oxygen atoms in total. The van der Waals surface area contributed by atoms with Gasteiger partial charge in [0, 0.05) is 24.0 Å². The van der Waals surface area contributed by atoms with Crippen LogP contribution in [0.5, 0.6) is 0 Å². The summed E-state index contributed by atoms with van der Waals surface area (Å²) in [5, 5.41) is 12.1. The highest BCUT2D eigenvalue weighted by atomic mass is 16.5. The Labute approximate surface area is 112 Å². The van der Waals surface area contributed by atoms with Crippen LogP contribution in [0.3, 0.4) is 0 Å². The van der Waals surface area contributed by atoms with E-state index in [-0.39, 0.29) is 0 Å². The van der Waals surface area contributed by atoms with Crippen molar-refractivity contribution in [2.75, 3.05) is 18.2 Å². The Morgan fingerprint density at radius 3 is 2.74 bits per heavy atom. The van der Waals surface area contributed by atoms with E-state index in [1.807, 2.05) is 36.4 Å². The van der Waals surface area contributed by atoms with Crippen molar-refractivity contribution in [1.82, 2.24) is 0 Å². The summed E-state index contributed by atoms with van der Waals surface area (Å²) in [5.74, 6) is 0. The van der Waals surface area contributed by atoms with E-state index in [1.54, 1.807) is 19.2 Å². The summed E-state index contributed by atoms with van der Waals surface area (Å²) in [6.07, 6.45) is 0. The highest BCUT2D eigenvalue weighted by molar-refractivity contribution is 5.69. The van der Waals surface area contributed by atoms with Gasteiger partial charge >= 0.3 is 0 Å². The Balaban J connectivity index is 2.26. The number of nitriles is 1. The van der Waals surface area contributed by atoms with Crippen LogP contribution in [0.25, 0.3) is 0 Å². The van der Waals surface area contributed by atoms with Gasteiger partial charge in [-0.25, -0.2) is 0 Å². The molecule has 0 atom stereocenters. The van der Waals surface area contributed by atoms with Gasteiger partial charge in [-0.1, -0.05) is 18.2 Å². The summed E-state index contributed by atoms with van der Waals surface area (Å²) in [6, 6.07) is 15.2. The van der Waals surface area contributed by atoms with Crippen LogP contribution >= 0.6 is 0 Å². The number of nitrogens with zero attached hydrogens (tertiary/aromatic N) is 1. The monoisotopic (exact) mass is 253 g/mol. The first-order chi connectivity index (χ1) is 9.24. The SMILES string of the molecule is COCc1ccccc1Nc1ccc(C#N)c(N)c1. The zero-order chi connectivity index (χ0) is 13.7. The first-order valence-electron chi connectivity index (χ1n) is 5.88. The van der Waals surface area contributed by atoms with E-state index in [1.165, 1.54) is 0 Å². The van der Waals surface area contributed by atoms with Crippen molar-refractivity contribution < 1.29 is 4.74 Å². The Kier molecular flexibility index (Phi) is 4.01. The lowest BCUT2D eigenvalue weighted by molar-refractivity contribution is 0.185. The second-order valence-corrected chi connectivity index (χ2v) is 4.13.